The standard InChI is InChI=1S/C22H26N2O2/c1-16-13-17(7-8-20(16)26-2)14-24-12-11-22(15-24)10-9-18-5-3-4-6-19(18)21(25)23-22/h3-8,13H,9-12,14-15H2,1-2H3,(H,23,25). The van der Waals surface area contributed by atoms with E-state index in [2.05, 4.69) is 35.3 Å². The van der Waals surface area contributed by atoms with Crippen molar-refractivity contribution in [2.24, 2.45) is 0 Å². The molecule has 26 heavy (non-hydrogen) atoms. The van der Waals surface area contributed by atoms with Crippen molar-refractivity contribution in [3.05, 3.63) is 64.7 Å². The lowest BCUT2D eigenvalue weighted by atomic mass is 9.91. The van der Waals surface area contributed by atoms with E-state index in [9.17, 15) is 4.79 Å². The smallest absolute Gasteiger partial charge is 0.252 e. The molecular weight excluding hydrogens is 324 g/mol. The molecule has 4 rings (SSSR count). The quantitative estimate of drug-likeness (QED) is 0.923. The first-order valence-electron chi connectivity index (χ1n) is 9.35. The Morgan fingerprint density at radius 2 is 2.04 bits per heavy atom. The van der Waals surface area contributed by atoms with E-state index < -0.39 is 0 Å². The van der Waals surface area contributed by atoms with E-state index in [4.69, 9.17) is 4.74 Å². The van der Waals surface area contributed by atoms with E-state index >= 15 is 0 Å². The van der Waals surface area contributed by atoms with Gasteiger partial charge in [-0.15, -0.1) is 0 Å². The van der Waals surface area contributed by atoms with Gasteiger partial charge in [-0.1, -0.05) is 30.3 Å². The van der Waals surface area contributed by atoms with Gasteiger partial charge in [-0.05, 0) is 55.0 Å². The molecule has 1 N–H and O–H groups in total. The highest BCUT2D eigenvalue weighted by Crippen LogP contribution is 2.31. The van der Waals surface area contributed by atoms with Crippen LogP contribution < -0.4 is 10.1 Å². The number of amides is 1. The molecule has 2 aromatic carbocycles. The summed E-state index contributed by atoms with van der Waals surface area (Å²) in [5.74, 6) is 1.01. The van der Waals surface area contributed by atoms with Crippen molar-refractivity contribution in [2.75, 3.05) is 20.2 Å². The average molecular weight is 350 g/mol. The van der Waals surface area contributed by atoms with Crippen LogP contribution in [0, 0.1) is 6.92 Å². The fraction of sp³-hybridized carbons (Fsp3) is 0.409. The van der Waals surface area contributed by atoms with Gasteiger partial charge < -0.3 is 10.1 Å². The molecule has 4 nitrogen and oxygen atoms in total. The highest BCUT2D eigenvalue weighted by atomic mass is 16.5. The van der Waals surface area contributed by atoms with Gasteiger partial charge in [0.25, 0.3) is 5.91 Å². The number of ether oxygens (including phenoxy) is 1. The second-order valence-electron chi connectivity index (χ2n) is 7.66. The molecule has 1 saturated heterocycles. The summed E-state index contributed by atoms with van der Waals surface area (Å²) in [6.07, 6.45) is 2.99. The molecular formula is C22H26N2O2. The maximum atomic E-state index is 12.7. The lowest BCUT2D eigenvalue weighted by molar-refractivity contribution is 0.0902. The van der Waals surface area contributed by atoms with Gasteiger partial charge >= 0.3 is 0 Å². The maximum absolute atomic E-state index is 12.7. The van der Waals surface area contributed by atoms with Crippen molar-refractivity contribution in [1.29, 1.82) is 0 Å². The van der Waals surface area contributed by atoms with Gasteiger partial charge in [0.05, 0.1) is 12.6 Å². The zero-order valence-corrected chi connectivity index (χ0v) is 15.5. The first kappa shape index (κ1) is 17.1. The minimum Gasteiger partial charge on any atom is -0.496 e. The van der Waals surface area contributed by atoms with Crippen LogP contribution in [-0.2, 0) is 13.0 Å². The van der Waals surface area contributed by atoms with Crippen molar-refractivity contribution >= 4 is 5.91 Å². The molecule has 0 saturated carbocycles. The number of fused-ring (bicyclic) bond motifs is 1. The van der Waals surface area contributed by atoms with Crippen LogP contribution in [0.15, 0.2) is 42.5 Å². The fourth-order valence-corrected chi connectivity index (χ4v) is 4.40. The van der Waals surface area contributed by atoms with Crippen molar-refractivity contribution in [3.63, 3.8) is 0 Å². The number of benzene rings is 2. The molecule has 0 aromatic heterocycles. The molecule has 1 atom stereocenters. The Bertz CT molecular complexity index is 833. The summed E-state index contributed by atoms with van der Waals surface area (Å²) in [6, 6.07) is 14.4. The monoisotopic (exact) mass is 350 g/mol. The van der Waals surface area contributed by atoms with Crippen LogP contribution in [-0.4, -0.2) is 36.5 Å². The zero-order chi connectivity index (χ0) is 18.1. The van der Waals surface area contributed by atoms with Gasteiger partial charge in [-0.2, -0.15) is 0 Å². The highest BCUT2D eigenvalue weighted by Gasteiger charge is 2.41. The Morgan fingerprint density at radius 1 is 1.19 bits per heavy atom. The molecule has 1 spiro atoms. The van der Waals surface area contributed by atoms with Gasteiger partial charge in [-0.3, -0.25) is 9.69 Å². The van der Waals surface area contributed by atoms with E-state index in [0.717, 1.165) is 55.8 Å². The van der Waals surface area contributed by atoms with E-state index in [1.54, 1.807) is 7.11 Å². The van der Waals surface area contributed by atoms with Crippen LogP contribution in [0.1, 0.15) is 39.9 Å². The number of hydrogen-bond acceptors (Lipinski definition) is 3. The first-order valence-corrected chi connectivity index (χ1v) is 9.35. The number of nitrogens with one attached hydrogen (secondary N) is 1. The number of nitrogens with zero attached hydrogens (tertiary/aromatic N) is 1. The summed E-state index contributed by atoms with van der Waals surface area (Å²) in [6.45, 7) is 4.92. The Labute approximate surface area is 155 Å². The van der Waals surface area contributed by atoms with Gasteiger partial charge in [0.2, 0.25) is 0 Å². The van der Waals surface area contributed by atoms with Crippen LogP contribution >= 0.6 is 0 Å². The predicted octanol–water partition coefficient (Wildman–Crippen LogP) is 3.32. The van der Waals surface area contributed by atoms with E-state index in [1.165, 1.54) is 11.1 Å². The highest BCUT2D eigenvalue weighted by molar-refractivity contribution is 5.96. The molecule has 2 aliphatic rings. The largest absolute Gasteiger partial charge is 0.496 e. The SMILES string of the molecule is COc1ccc(CN2CCC3(CCc4ccccc4C(=O)N3)C2)cc1C. The van der Waals surface area contributed by atoms with Crippen molar-refractivity contribution < 1.29 is 9.53 Å². The molecule has 136 valence electrons. The van der Waals surface area contributed by atoms with Crippen molar-refractivity contribution in [2.45, 2.75) is 38.3 Å². The number of hydrogen-bond donors (Lipinski definition) is 1. The molecule has 1 fully saturated rings. The minimum absolute atomic E-state index is 0.0836. The summed E-state index contributed by atoms with van der Waals surface area (Å²) < 4.78 is 5.36. The van der Waals surface area contributed by atoms with Gasteiger partial charge in [0.15, 0.2) is 0 Å². The fourth-order valence-electron chi connectivity index (χ4n) is 4.40. The Morgan fingerprint density at radius 3 is 2.85 bits per heavy atom. The predicted molar refractivity (Wildman–Crippen MR) is 103 cm³/mol. The number of methoxy groups -OCH3 is 1. The zero-order valence-electron chi connectivity index (χ0n) is 15.5. The summed E-state index contributed by atoms with van der Waals surface area (Å²) in [7, 11) is 1.71. The van der Waals surface area contributed by atoms with E-state index in [1.807, 2.05) is 24.3 Å². The maximum Gasteiger partial charge on any atom is 0.252 e. The average Bonchev–Trinajstić information content (AvgIpc) is 2.96. The first-order chi connectivity index (χ1) is 12.6. The molecule has 2 aromatic rings. The van der Waals surface area contributed by atoms with Crippen LogP contribution in [0.25, 0.3) is 0 Å². The molecule has 0 radical (unpaired) electrons. The minimum atomic E-state index is -0.0996. The van der Waals surface area contributed by atoms with E-state index in [0.29, 0.717) is 0 Å². The molecule has 0 bridgehead atoms. The van der Waals surface area contributed by atoms with Gasteiger partial charge in [-0.25, -0.2) is 0 Å². The third kappa shape index (κ3) is 3.21. The summed E-state index contributed by atoms with van der Waals surface area (Å²) >= 11 is 0. The Hall–Kier alpha value is -2.33. The second-order valence-corrected chi connectivity index (χ2v) is 7.66. The third-order valence-corrected chi connectivity index (χ3v) is 5.81. The molecule has 2 heterocycles. The topological polar surface area (TPSA) is 41.6 Å². The molecule has 1 unspecified atom stereocenters. The number of aryl methyl sites for hydroxylation is 2. The Kier molecular flexibility index (Phi) is 4.45. The molecule has 1 amide bonds. The molecule has 2 aliphatic heterocycles. The normalized spacial score (nSPS) is 22.8. The van der Waals surface area contributed by atoms with Crippen LogP contribution in [0.2, 0.25) is 0 Å². The second kappa shape index (κ2) is 6.76. The third-order valence-electron chi connectivity index (χ3n) is 5.81. The van der Waals surface area contributed by atoms with Gasteiger partial charge in [0, 0.05) is 25.2 Å². The lowest BCUT2D eigenvalue weighted by Gasteiger charge is -2.29. The molecule has 4 heteroatoms. The van der Waals surface area contributed by atoms with Crippen LogP contribution in [0.5, 0.6) is 5.75 Å². The number of rotatable bonds is 3. The summed E-state index contributed by atoms with van der Waals surface area (Å²) in [5, 5.41) is 3.36. The van der Waals surface area contributed by atoms with Crippen molar-refractivity contribution in [1.82, 2.24) is 10.2 Å². The number of carbonyl (C=O) groups is 1. The lowest BCUT2D eigenvalue weighted by Crippen LogP contribution is -2.49. The molecule has 0 aliphatic carbocycles. The summed E-state index contributed by atoms with van der Waals surface area (Å²) in [5.41, 5.74) is 4.37. The van der Waals surface area contributed by atoms with E-state index in [-0.39, 0.29) is 11.4 Å². The summed E-state index contributed by atoms with van der Waals surface area (Å²) in [4.78, 5) is 15.2. The van der Waals surface area contributed by atoms with Crippen LogP contribution in [0.3, 0.4) is 0 Å². The number of likely N-dealkylation sites (tertiary alicyclic amines) is 1. The number of carbonyl (C=O) groups excluding carboxylic acids is 1. The van der Waals surface area contributed by atoms with Crippen LogP contribution in [0.4, 0.5) is 0 Å². The Balaban J connectivity index is 1.47. The van der Waals surface area contributed by atoms with Crippen molar-refractivity contribution in [3.8, 4) is 5.75 Å². The van der Waals surface area contributed by atoms with Gasteiger partial charge in [0.1, 0.15) is 5.75 Å².